The molecular weight excluding hydrogens is 654 g/mol. The molecule has 0 radical (unpaired) electrons. The molecule has 3 aromatic rings. The second kappa shape index (κ2) is 15.6. The summed E-state index contributed by atoms with van der Waals surface area (Å²) in [5, 5.41) is 9.09. The van der Waals surface area contributed by atoms with Crippen molar-refractivity contribution >= 4 is 29.3 Å². The Kier molecular flexibility index (Phi) is 11.4. The van der Waals surface area contributed by atoms with Gasteiger partial charge in [-0.15, -0.1) is 0 Å². The number of amides is 3. The third-order valence-corrected chi connectivity index (χ3v) is 10.1. The van der Waals surface area contributed by atoms with Crippen LogP contribution in [-0.2, 0) is 15.2 Å². The average molecular weight is 697 g/mol. The molecule has 49 heavy (non-hydrogen) atoms. The monoisotopic (exact) mass is 696 g/mol. The van der Waals surface area contributed by atoms with Crippen molar-refractivity contribution in [1.82, 2.24) is 16.0 Å². The molecule has 0 unspecified atom stereocenters. The Bertz CT molecular complexity index is 1700. The average Bonchev–Trinajstić information content (AvgIpc) is 3.37. The van der Waals surface area contributed by atoms with E-state index in [-0.39, 0.29) is 57.0 Å². The molecule has 3 amide bonds. The van der Waals surface area contributed by atoms with Crippen molar-refractivity contribution in [3.8, 4) is 22.6 Å². The fourth-order valence-corrected chi connectivity index (χ4v) is 7.36. The highest BCUT2D eigenvalue weighted by molar-refractivity contribution is 6.34. The van der Waals surface area contributed by atoms with Gasteiger partial charge in [-0.05, 0) is 56.2 Å². The maximum absolute atomic E-state index is 16.0. The number of nitrogens with one attached hydrogen (secondary N) is 3. The van der Waals surface area contributed by atoms with E-state index in [1.165, 1.54) is 32.2 Å². The second-order valence-corrected chi connectivity index (χ2v) is 13.2. The molecule has 262 valence electrons. The minimum atomic E-state index is -1.05. The molecule has 1 aliphatic carbocycles. The molecular formula is C37H43ClF2N4O5. The molecule has 0 aromatic heterocycles. The summed E-state index contributed by atoms with van der Waals surface area (Å²) in [6.07, 6.45) is 4.58. The summed E-state index contributed by atoms with van der Waals surface area (Å²) in [6, 6.07) is 13.5. The quantitative estimate of drug-likeness (QED) is 0.163. The molecule has 5 rings (SSSR count). The van der Waals surface area contributed by atoms with Gasteiger partial charge < -0.3 is 31.2 Å². The molecule has 3 aromatic carbocycles. The Hall–Kier alpha value is -4.22. The summed E-state index contributed by atoms with van der Waals surface area (Å²) < 4.78 is 43.5. The van der Waals surface area contributed by atoms with Crippen LogP contribution in [0.25, 0.3) is 11.1 Å². The van der Waals surface area contributed by atoms with Gasteiger partial charge in [0.2, 0.25) is 17.7 Å². The molecule has 5 N–H and O–H groups in total. The maximum Gasteiger partial charge on any atom is 0.249 e. The Morgan fingerprint density at radius 3 is 2.31 bits per heavy atom. The Morgan fingerprint density at radius 2 is 1.67 bits per heavy atom. The summed E-state index contributed by atoms with van der Waals surface area (Å²) >= 11 is 6.61. The van der Waals surface area contributed by atoms with Gasteiger partial charge in [0.25, 0.3) is 0 Å². The predicted octanol–water partition coefficient (Wildman–Crippen LogP) is 5.97. The lowest BCUT2D eigenvalue weighted by Crippen LogP contribution is -2.48. The molecule has 1 aliphatic heterocycles. The fraction of sp³-hybridized carbons (Fsp3) is 0.432. The number of fused-ring (bicyclic) bond motifs is 1. The van der Waals surface area contributed by atoms with Crippen LogP contribution >= 0.6 is 11.6 Å². The number of carbonyl (C=O) groups excluding carboxylic acids is 3. The number of benzene rings is 3. The SMILES string of the molecule is COc1ccc(C(N)=O)c(-c2c(Cl)c(F)cc3c2[C@H](C)[C@@](CNC2CCC(C(=O)NCCCCNC(C)=O)CC2)(c2ccccc2)O3)c1F. The Morgan fingerprint density at radius 1 is 1.00 bits per heavy atom. The molecule has 2 aliphatic rings. The largest absolute Gasteiger partial charge is 0.494 e. The van der Waals surface area contributed by atoms with Gasteiger partial charge in [-0.2, -0.15) is 0 Å². The first kappa shape index (κ1) is 36.1. The molecule has 1 saturated carbocycles. The first-order valence-corrected chi connectivity index (χ1v) is 17.0. The van der Waals surface area contributed by atoms with Crippen molar-refractivity contribution in [3.63, 3.8) is 0 Å². The number of unbranched alkanes of at least 4 members (excludes halogenated alkanes) is 1. The van der Waals surface area contributed by atoms with Crippen molar-refractivity contribution in [2.75, 3.05) is 26.7 Å². The topological polar surface area (TPSA) is 132 Å². The van der Waals surface area contributed by atoms with Crippen molar-refractivity contribution in [3.05, 3.63) is 81.9 Å². The third kappa shape index (κ3) is 7.52. The van der Waals surface area contributed by atoms with Gasteiger partial charge in [0.05, 0.1) is 17.7 Å². The highest BCUT2D eigenvalue weighted by Crippen LogP contribution is 2.56. The van der Waals surface area contributed by atoms with Crippen LogP contribution < -0.4 is 31.2 Å². The minimum absolute atomic E-state index is 0.00573. The predicted molar refractivity (Wildman–Crippen MR) is 184 cm³/mol. The van der Waals surface area contributed by atoms with E-state index in [0.717, 1.165) is 44.1 Å². The number of rotatable bonds is 13. The van der Waals surface area contributed by atoms with Gasteiger partial charge in [0.1, 0.15) is 11.6 Å². The summed E-state index contributed by atoms with van der Waals surface area (Å²) in [5.41, 5.74) is 5.47. The van der Waals surface area contributed by atoms with E-state index in [1.54, 1.807) is 0 Å². The molecule has 2 atom stereocenters. The molecule has 1 heterocycles. The number of carbonyl (C=O) groups is 3. The zero-order valence-electron chi connectivity index (χ0n) is 28.0. The van der Waals surface area contributed by atoms with E-state index in [1.807, 2.05) is 37.3 Å². The lowest BCUT2D eigenvalue weighted by molar-refractivity contribution is -0.126. The number of nitrogens with two attached hydrogens (primary N) is 1. The summed E-state index contributed by atoms with van der Waals surface area (Å²) in [6.45, 7) is 4.88. The first-order valence-electron chi connectivity index (χ1n) is 16.7. The van der Waals surface area contributed by atoms with Gasteiger partial charge in [-0.1, -0.05) is 48.9 Å². The summed E-state index contributed by atoms with van der Waals surface area (Å²) in [5.74, 6) is -3.17. The normalized spacial score (nSPS) is 21.4. The zero-order chi connectivity index (χ0) is 35.3. The van der Waals surface area contributed by atoms with Gasteiger partial charge >= 0.3 is 0 Å². The van der Waals surface area contributed by atoms with Gasteiger partial charge in [0.15, 0.2) is 17.2 Å². The van der Waals surface area contributed by atoms with Crippen LogP contribution in [0.5, 0.6) is 11.5 Å². The van der Waals surface area contributed by atoms with Crippen LogP contribution in [0.15, 0.2) is 48.5 Å². The Labute approximate surface area is 290 Å². The van der Waals surface area contributed by atoms with Crippen molar-refractivity contribution < 1.29 is 32.6 Å². The van der Waals surface area contributed by atoms with Crippen LogP contribution in [0.1, 0.15) is 79.8 Å². The maximum atomic E-state index is 16.0. The van der Waals surface area contributed by atoms with Gasteiger partial charge in [-0.3, -0.25) is 14.4 Å². The molecule has 0 bridgehead atoms. The smallest absolute Gasteiger partial charge is 0.249 e. The van der Waals surface area contributed by atoms with Crippen LogP contribution in [-0.4, -0.2) is 50.5 Å². The Balaban J connectivity index is 1.37. The van der Waals surface area contributed by atoms with Gasteiger partial charge in [0, 0.05) is 67.2 Å². The van der Waals surface area contributed by atoms with Crippen molar-refractivity contribution in [2.24, 2.45) is 11.7 Å². The van der Waals surface area contributed by atoms with E-state index in [2.05, 4.69) is 16.0 Å². The highest BCUT2D eigenvalue weighted by atomic mass is 35.5. The van der Waals surface area contributed by atoms with Crippen LogP contribution in [0.4, 0.5) is 8.78 Å². The highest BCUT2D eigenvalue weighted by Gasteiger charge is 2.50. The molecule has 0 spiro atoms. The number of halogens is 3. The molecule has 1 fully saturated rings. The van der Waals surface area contributed by atoms with E-state index < -0.39 is 29.1 Å². The lowest BCUT2D eigenvalue weighted by Gasteiger charge is -2.37. The fourth-order valence-electron chi connectivity index (χ4n) is 7.10. The lowest BCUT2D eigenvalue weighted by atomic mass is 9.77. The second-order valence-electron chi connectivity index (χ2n) is 12.8. The number of primary amides is 1. The summed E-state index contributed by atoms with van der Waals surface area (Å²) in [7, 11) is 1.29. The number of ether oxygens (including phenoxy) is 2. The number of methoxy groups -OCH3 is 1. The third-order valence-electron chi connectivity index (χ3n) is 9.78. The molecule has 0 saturated heterocycles. The standard InChI is InChI=1S/C37H43ClF2N4O5/c1-21-30-29(19-27(39)33(38)32(30)31-26(35(41)46)15-16-28(48-3)34(31)40)49-37(21,24-9-5-4-6-10-24)20-44-25-13-11-23(12-14-25)36(47)43-18-8-7-17-42-22(2)45/h4-6,9-10,15-16,19,21,23,25,44H,7-8,11-14,17-18,20H2,1-3H3,(H2,41,46)(H,42,45)(H,43,47)/t21-,23?,25?,37-/m0/s1. The van der Waals surface area contributed by atoms with Crippen LogP contribution in [0, 0.1) is 17.6 Å². The zero-order valence-corrected chi connectivity index (χ0v) is 28.7. The van der Waals surface area contributed by atoms with E-state index in [0.29, 0.717) is 25.2 Å². The minimum Gasteiger partial charge on any atom is -0.494 e. The van der Waals surface area contributed by atoms with Gasteiger partial charge in [-0.25, -0.2) is 8.78 Å². The van der Waals surface area contributed by atoms with Crippen molar-refractivity contribution in [1.29, 1.82) is 0 Å². The van der Waals surface area contributed by atoms with E-state index in [9.17, 15) is 14.4 Å². The van der Waals surface area contributed by atoms with Crippen LogP contribution in [0.2, 0.25) is 5.02 Å². The van der Waals surface area contributed by atoms with E-state index >= 15 is 8.78 Å². The van der Waals surface area contributed by atoms with Crippen LogP contribution in [0.3, 0.4) is 0 Å². The number of hydrogen-bond acceptors (Lipinski definition) is 6. The first-order chi connectivity index (χ1) is 23.5. The van der Waals surface area contributed by atoms with Crippen molar-refractivity contribution in [2.45, 2.75) is 69.9 Å². The number of hydrogen-bond donors (Lipinski definition) is 4. The molecule has 12 heteroatoms. The van der Waals surface area contributed by atoms with E-state index in [4.69, 9.17) is 26.8 Å². The summed E-state index contributed by atoms with van der Waals surface area (Å²) in [4.78, 5) is 36.4. The molecule has 9 nitrogen and oxygen atoms in total.